The third kappa shape index (κ3) is 3.30. The molecule has 19 heavy (non-hydrogen) atoms. The van der Waals surface area contributed by atoms with E-state index in [-0.39, 0.29) is 0 Å². The molecule has 0 bridgehead atoms. The highest BCUT2D eigenvalue weighted by Crippen LogP contribution is 2.48. The molecule has 0 unspecified atom stereocenters. The van der Waals surface area contributed by atoms with E-state index in [1.165, 1.54) is 37.8 Å². The van der Waals surface area contributed by atoms with E-state index >= 15 is 0 Å². The fourth-order valence-electron chi connectivity index (χ4n) is 2.49. The monoisotopic (exact) mass is 269 g/mol. The van der Waals surface area contributed by atoms with Crippen molar-refractivity contribution in [2.75, 3.05) is 6.54 Å². The van der Waals surface area contributed by atoms with Crippen molar-refractivity contribution in [1.82, 2.24) is 5.32 Å². The second kappa shape index (κ2) is 4.51. The summed E-state index contributed by atoms with van der Waals surface area (Å²) < 4.78 is 37.4. The van der Waals surface area contributed by atoms with Gasteiger partial charge in [-0.05, 0) is 55.2 Å². The van der Waals surface area contributed by atoms with Gasteiger partial charge in [0.25, 0.3) is 0 Å². The summed E-state index contributed by atoms with van der Waals surface area (Å²) in [6, 6.07) is 6.34. The summed E-state index contributed by atoms with van der Waals surface area (Å²) in [7, 11) is 0. The van der Waals surface area contributed by atoms with E-state index in [0.717, 1.165) is 18.5 Å². The Morgan fingerprint density at radius 2 is 1.74 bits per heavy atom. The van der Waals surface area contributed by atoms with Gasteiger partial charge in [-0.1, -0.05) is 12.1 Å². The first-order valence-electron chi connectivity index (χ1n) is 6.86. The van der Waals surface area contributed by atoms with Gasteiger partial charge in [0.05, 0.1) is 5.56 Å². The molecule has 0 saturated heterocycles. The summed E-state index contributed by atoms with van der Waals surface area (Å²) in [5.74, 6) is 0. The van der Waals surface area contributed by atoms with Gasteiger partial charge in [-0.25, -0.2) is 0 Å². The van der Waals surface area contributed by atoms with Crippen molar-refractivity contribution in [2.24, 2.45) is 5.41 Å². The minimum absolute atomic E-state index is 0.308. The molecule has 0 spiro atoms. The topological polar surface area (TPSA) is 12.0 Å². The number of halogens is 3. The van der Waals surface area contributed by atoms with E-state index in [9.17, 15) is 13.2 Å². The third-order valence-electron chi connectivity index (χ3n) is 4.16. The molecule has 2 aliphatic rings. The standard InChI is InChI=1S/C15H18F3N/c16-15(17,18)12-3-1-11(2-4-12)9-14(7-8-14)10-19-13-5-6-13/h1-4,13,19H,5-10H2. The van der Waals surface area contributed by atoms with E-state index in [0.29, 0.717) is 11.5 Å². The zero-order valence-corrected chi connectivity index (χ0v) is 10.8. The van der Waals surface area contributed by atoms with Crippen LogP contribution in [0.25, 0.3) is 0 Å². The van der Waals surface area contributed by atoms with E-state index in [1.807, 2.05) is 0 Å². The number of benzene rings is 1. The van der Waals surface area contributed by atoms with Gasteiger partial charge >= 0.3 is 6.18 Å². The Labute approximate surface area is 111 Å². The molecule has 0 aliphatic heterocycles. The summed E-state index contributed by atoms with van der Waals surface area (Å²) in [6.07, 6.45) is 1.59. The first-order valence-corrected chi connectivity index (χ1v) is 6.86. The SMILES string of the molecule is FC(F)(F)c1ccc(CC2(CNC3CC3)CC2)cc1. The van der Waals surface area contributed by atoms with E-state index < -0.39 is 11.7 Å². The number of nitrogens with one attached hydrogen (secondary N) is 1. The van der Waals surface area contributed by atoms with Crippen LogP contribution < -0.4 is 5.32 Å². The minimum Gasteiger partial charge on any atom is -0.313 e. The van der Waals surface area contributed by atoms with Crippen LogP contribution in [-0.4, -0.2) is 12.6 Å². The molecule has 104 valence electrons. The van der Waals surface area contributed by atoms with Crippen LogP contribution in [0.15, 0.2) is 24.3 Å². The minimum atomic E-state index is -4.23. The van der Waals surface area contributed by atoms with Gasteiger partial charge in [-0.2, -0.15) is 13.2 Å². The first-order chi connectivity index (χ1) is 8.97. The molecule has 0 radical (unpaired) electrons. The quantitative estimate of drug-likeness (QED) is 0.857. The van der Waals surface area contributed by atoms with E-state index in [2.05, 4.69) is 5.32 Å². The Morgan fingerprint density at radius 1 is 1.11 bits per heavy atom. The highest BCUT2D eigenvalue weighted by atomic mass is 19.4. The van der Waals surface area contributed by atoms with Crippen LogP contribution in [0.1, 0.15) is 36.8 Å². The van der Waals surface area contributed by atoms with Gasteiger partial charge in [0.15, 0.2) is 0 Å². The maximum atomic E-state index is 12.5. The second-order valence-corrected chi connectivity index (χ2v) is 6.03. The smallest absolute Gasteiger partial charge is 0.313 e. The molecule has 0 atom stereocenters. The van der Waals surface area contributed by atoms with Gasteiger partial charge in [-0.3, -0.25) is 0 Å². The predicted molar refractivity (Wildman–Crippen MR) is 67.8 cm³/mol. The largest absolute Gasteiger partial charge is 0.416 e. The van der Waals surface area contributed by atoms with Crippen molar-refractivity contribution >= 4 is 0 Å². The van der Waals surface area contributed by atoms with Crippen molar-refractivity contribution in [2.45, 2.75) is 44.3 Å². The molecule has 0 heterocycles. The molecular weight excluding hydrogens is 251 g/mol. The number of hydrogen-bond donors (Lipinski definition) is 1. The molecule has 1 nitrogen and oxygen atoms in total. The van der Waals surface area contributed by atoms with Crippen LogP contribution >= 0.6 is 0 Å². The highest BCUT2D eigenvalue weighted by Gasteiger charge is 2.43. The number of alkyl halides is 3. The van der Waals surface area contributed by atoms with Crippen molar-refractivity contribution in [3.05, 3.63) is 35.4 Å². The number of rotatable bonds is 5. The fourth-order valence-corrected chi connectivity index (χ4v) is 2.49. The Morgan fingerprint density at radius 3 is 2.21 bits per heavy atom. The van der Waals surface area contributed by atoms with E-state index in [4.69, 9.17) is 0 Å². The second-order valence-electron chi connectivity index (χ2n) is 6.03. The van der Waals surface area contributed by atoms with Crippen molar-refractivity contribution in [3.63, 3.8) is 0 Å². The summed E-state index contributed by atoms with van der Waals surface area (Å²) in [4.78, 5) is 0. The Kier molecular flexibility index (Phi) is 3.08. The van der Waals surface area contributed by atoms with Crippen LogP contribution in [0.4, 0.5) is 13.2 Å². The Bertz CT molecular complexity index is 441. The van der Waals surface area contributed by atoms with Gasteiger partial charge < -0.3 is 5.32 Å². The average Bonchev–Trinajstić information content (AvgIpc) is 3.22. The van der Waals surface area contributed by atoms with Gasteiger partial charge in [0.2, 0.25) is 0 Å². The molecule has 2 aliphatic carbocycles. The molecule has 0 amide bonds. The van der Waals surface area contributed by atoms with Crippen LogP contribution in [0.2, 0.25) is 0 Å². The molecule has 1 aromatic rings. The molecule has 3 rings (SSSR count). The molecule has 2 saturated carbocycles. The van der Waals surface area contributed by atoms with Crippen LogP contribution in [0.5, 0.6) is 0 Å². The molecule has 1 N–H and O–H groups in total. The van der Waals surface area contributed by atoms with E-state index in [1.54, 1.807) is 12.1 Å². The molecule has 2 fully saturated rings. The Hall–Kier alpha value is -1.03. The summed E-state index contributed by atoms with van der Waals surface area (Å²) in [5, 5.41) is 3.54. The predicted octanol–water partition coefficient (Wildman–Crippen LogP) is 3.78. The molecule has 4 heteroatoms. The highest BCUT2D eigenvalue weighted by molar-refractivity contribution is 5.26. The lowest BCUT2D eigenvalue weighted by Crippen LogP contribution is -2.27. The Balaban J connectivity index is 1.60. The molecule has 1 aromatic carbocycles. The lowest BCUT2D eigenvalue weighted by Gasteiger charge is -2.16. The molecular formula is C15H18F3N. The average molecular weight is 269 g/mol. The summed E-state index contributed by atoms with van der Waals surface area (Å²) >= 11 is 0. The summed E-state index contributed by atoms with van der Waals surface area (Å²) in [5.41, 5.74) is 0.766. The van der Waals surface area contributed by atoms with Gasteiger partial charge in [-0.15, -0.1) is 0 Å². The van der Waals surface area contributed by atoms with Crippen LogP contribution in [0.3, 0.4) is 0 Å². The van der Waals surface area contributed by atoms with Crippen LogP contribution in [0, 0.1) is 5.41 Å². The normalized spacial score (nSPS) is 21.4. The lowest BCUT2D eigenvalue weighted by atomic mass is 9.95. The van der Waals surface area contributed by atoms with Crippen molar-refractivity contribution in [3.8, 4) is 0 Å². The van der Waals surface area contributed by atoms with Gasteiger partial charge in [0, 0.05) is 12.6 Å². The zero-order chi connectivity index (χ0) is 13.5. The van der Waals surface area contributed by atoms with Crippen molar-refractivity contribution < 1.29 is 13.2 Å². The zero-order valence-electron chi connectivity index (χ0n) is 10.8. The lowest BCUT2D eigenvalue weighted by molar-refractivity contribution is -0.137. The number of hydrogen-bond acceptors (Lipinski definition) is 1. The maximum absolute atomic E-state index is 12.5. The van der Waals surface area contributed by atoms with Gasteiger partial charge in [0.1, 0.15) is 0 Å². The third-order valence-corrected chi connectivity index (χ3v) is 4.16. The van der Waals surface area contributed by atoms with Crippen LogP contribution in [-0.2, 0) is 12.6 Å². The first kappa shape index (κ1) is 13.0. The fraction of sp³-hybridized carbons (Fsp3) is 0.600. The maximum Gasteiger partial charge on any atom is 0.416 e. The van der Waals surface area contributed by atoms with Crippen molar-refractivity contribution in [1.29, 1.82) is 0 Å². The molecule has 0 aromatic heterocycles. The summed E-state index contributed by atoms with van der Waals surface area (Å²) in [6.45, 7) is 1.01.